The fourth-order valence-electron chi connectivity index (χ4n) is 3.31. The number of carbonyl (C=O) groups is 1. The molecule has 0 bridgehead atoms. The Labute approximate surface area is 169 Å². The summed E-state index contributed by atoms with van der Waals surface area (Å²) in [5, 5.41) is 16.4. The number of nitriles is 1. The molecule has 150 valence electrons. The number of esters is 1. The molecule has 0 radical (unpaired) electrons. The van der Waals surface area contributed by atoms with Crippen LogP contribution in [0.2, 0.25) is 0 Å². The van der Waals surface area contributed by atoms with E-state index >= 15 is 0 Å². The van der Waals surface area contributed by atoms with Crippen LogP contribution in [0.5, 0.6) is 11.6 Å². The minimum Gasteiger partial charge on any atom is -0.423 e. The van der Waals surface area contributed by atoms with Gasteiger partial charge in [0.2, 0.25) is 11.8 Å². The molecule has 0 saturated heterocycles. The van der Waals surface area contributed by atoms with Crippen molar-refractivity contribution in [1.82, 2.24) is 10.2 Å². The Morgan fingerprint density at radius 3 is 2.53 bits per heavy atom. The van der Waals surface area contributed by atoms with Gasteiger partial charge in [-0.3, -0.25) is 5.10 Å². The quantitative estimate of drug-likeness (QED) is 0.507. The van der Waals surface area contributed by atoms with Crippen LogP contribution in [0.4, 0.5) is 8.78 Å². The number of aromatic amines is 1. The number of nitrogens with zero attached hydrogens (tertiary/aromatic N) is 2. The van der Waals surface area contributed by atoms with Gasteiger partial charge in [0, 0.05) is 11.3 Å². The van der Waals surface area contributed by atoms with Crippen LogP contribution in [0.3, 0.4) is 0 Å². The number of hydrogen-bond donors (Lipinski definition) is 2. The third kappa shape index (κ3) is 3.14. The fraction of sp³-hybridized carbons (Fsp3) is 0.0952. The summed E-state index contributed by atoms with van der Waals surface area (Å²) in [6.45, 7) is 1.79. The average Bonchev–Trinajstić information content (AvgIpc) is 3.07. The summed E-state index contributed by atoms with van der Waals surface area (Å²) in [7, 11) is 0. The Balaban J connectivity index is 1.65. The lowest BCUT2D eigenvalue weighted by molar-refractivity contribution is 0.0724. The van der Waals surface area contributed by atoms with Crippen LogP contribution in [0.1, 0.15) is 33.1 Å². The van der Waals surface area contributed by atoms with Gasteiger partial charge in [0.05, 0.1) is 5.92 Å². The Bertz CT molecular complexity index is 1210. The zero-order valence-electron chi connectivity index (χ0n) is 15.6. The van der Waals surface area contributed by atoms with Gasteiger partial charge < -0.3 is 15.2 Å². The van der Waals surface area contributed by atoms with Crippen molar-refractivity contribution in [2.45, 2.75) is 12.8 Å². The molecular weight excluding hydrogens is 394 g/mol. The lowest BCUT2D eigenvalue weighted by Gasteiger charge is -2.23. The molecule has 4 rings (SSSR count). The van der Waals surface area contributed by atoms with Crippen LogP contribution in [-0.4, -0.2) is 16.2 Å². The van der Waals surface area contributed by atoms with Crippen LogP contribution in [0, 0.1) is 29.9 Å². The molecule has 1 aromatic heterocycles. The molecule has 3 aromatic rings. The highest BCUT2D eigenvalue weighted by Crippen LogP contribution is 2.42. The van der Waals surface area contributed by atoms with Crippen molar-refractivity contribution in [3.63, 3.8) is 0 Å². The van der Waals surface area contributed by atoms with Gasteiger partial charge in [-0.05, 0) is 36.8 Å². The second-order valence-electron chi connectivity index (χ2n) is 6.55. The summed E-state index contributed by atoms with van der Waals surface area (Å²) in [6, 6.07) is 11.3. The van der Waals surface area contributed by atoms with Crippen molar-refractivity contribution in [1.29, 1.82) is 5.26 Å². The Morgan fingerprint density at radius 2 is 1.90 bits per heavy atom. The van der Waals surface area contributed by atoms with Gasteiger partial charge in [-0.1, -0.05) is 18.2 Å². The number of hydrogen-bond acceptors (Lipinski definition) is 6. The van der Waals surface area contributed by atoms with Crippen molar-refractivity contribution >= 4 is 5.97 Å². The number of nitrogens with two attached hydrogens (primary N) is 1. The molecule has 0 amide bonds. The summed E-state index contributed by atoms with van der Waals surface area (Å²) >= 11 is 0. The molecule has 1 aliphatic rings. The second kappa shape index (κ2) is 7.33. The Hall–Kier alpha value is -4.19. The molecule has 0 fully saturated rings. The number of aryl methyl sites for hydroxylation is 1. The highest BCUT2D eigenvalue weighted by atomic mass is 19.1. The molecule has 7 nitrogen and oxygen atoms in total. The summed E-state index contributed by atoms with van der Waals surface area (Å²) in [5.74, 6) is -3.41. The summed E-state index contributed by atoms with van der Waals surface area (Å²) in [6.07, 6.45) is 0. The highest BCUT2D eigenvalue weighted by Gasteiger charge is 2.34. The van der Waals surface area contributed by atoms with Gasteiger partial charge >= 0.3 is 5.97 Å². The zero-order valence-corrected chi connectivity index (χ0v) is 15.6. The number of nitrogens with one attached hydrogen (secondary N) is 1. The van der Waals surface area contributed by atoms with Crippen LogP contribution in [0.25, 0.3) is 0 Å². The third-order valence-electron chi connectivity index (χ3n) is 4.72. The Morgan fingerprint density at radius 1 is 1.23 bits per heavy atom. The largest absolute Gasteiger partial charge is 0.423 e. The molecule has 1 aliphatic heterocycles. The first kappa shape index (κ1) is 19.1. The van der Waals surface area contributed by atoms with E-state index in [2.05, 4.69) is 16.3 Å². The van der Waals surface area contributed by atoms with E-state index in [1.807, 2.05) is 0 Å². The number of fused-ring (bicyclic) bond motifs is 1. The minimum absolute atomic E-state index is 0.0490. The fourth-order valence-corrected chi connectivity index (χ4v) is 3.31. The lowest BCUT2D eigenvalue weighted by atomic mass is 9.84. The molecule has 30 heavy (non-hydrogen) atoms. The van der Waals surface area contributed by atoms with Crippen molar-refractivity contribution < 1.29 is 23.0 Å². The molecule has 0 spiro atoms. The smallest absolute Gasteiger partial charge is 0.349 e. The van der Waals surface area contributed by atoms with Gasteiger partial charge in [-0.25, -0.2) is 13.6 Å². The van der Waals surface area contributed by atoms with E-state index in [0.29, 0.717) is 16.8 Å². The molecule has 0 aliphatic carbocycles. The number of allylic oxidation sites excluding steroid dienone is 1. The maximum atomic E-state index is 13.8. The SMILES string of the molecule is Cc1[nH]nc2c1C(c1ccc(OC(=O)c3c(F)cccc3F)cc1)C(C#N)=C(N)O2. The van der Waals surface area contributed by atoms with Crippen LogP contribution in [0.15, 0.2) is 53.9 Å². The van der Waals surface area contributed by atoms with E-state index in [1.165, 1.54) is 12.1 Å². The molecule has 0 saturated carbocycles. The Kier molecular flexibility index (Phi) is 4.68. The predicted octanol–water partition coefficient (Wildman–Crippen LogP) is 3.43. The first-order valence-corrected chi connectivity index (χ1v) is 8.79. The molecule has 1 atom stereocenters. The summed E-state index contributed by atoms with van der Waals surface area (Å²) in [5.41, 5.74) is 7.35. The van der Waals surface area contributed by atoms with E-state index in [0.717, 1.165) is 18.2 Å². The highest BCUT2D eigenvalue weighted by molar-refractivity contribution is 5.91. The zero-order chi connectivity index (χ0) is 21.4. The minimum atomic E-state index is -1.15. The van der Waals surface area contributed by atoms with Gasteiger partial charge in [0.15, 0.2) is 0 Å². The second-order valence-corrected chi connectivity index (χ2v) is 6.55. The molecular formula is C21H14F2N4O3. The topological polar surface area (TPSA) is 114 Å². The molecule has 3 N–H and O–H groups in total. The van der Waals surface area contributed by atoms with E-state index < -0.39 is 29.1 Å². The number of aromatic nitrogens is 2. The average molecular weight is 408 g/mol. The first-order chi connectivity index (χ1) is 14.4. The van der Waals surface area contributed by atoms with E-state index in [4.69, 9.17) is 15.2 Å². The number of H-pyrrole nitrogens is 1. The van der Waals surface area contributed by atoms with E-state index in [9.17, 15) is 18.8 Å². The number of ether oxygens (including phenoxy) is 2. The maximum Gasteiger partial charge on any atom is 0.349 e. The van der Waals surface area contributed by atoms with Crippen LogP contribution >= 0.6 is 0 Å². The first-order valence-electron chi connectivity index (χ1n) is 8.79. The monoisotopic (exact) mass is 408 g/mol. The number of carbonyl (C=O) groups excluding carboxylic acids is 1. The maximum absolute atomic E-state index is 13.8. The third-order valence-corrected chi connectivity index (χ3v) is 4.72. The van der Waals surface area contributed by atoms with Crippen molar-refractivity contribution in [2.24, 2.45) is 5.73 Å². The summed E-state index contributed by atoms with van der Waals surface area (Å²) < 4.78 is 38.0. The molecule has 2 heterocycles. The summed E-state index contributed by atoms with van der Waals surface area (Å²) in [4.78, 5) is 12.2. The van der Waals surface area contributed by atoms with Crippen molar-refractivity contribution in [3.8, 4) is 17.7 Å². The number of rotatable bonds is 3. The van der Waals surface area contributed by atoms with Gasteiger partial charge in [0.25, 0.3) is 0 Å². The standard InChI is InChI=1S/C21H14F2N4O3/c1-10-16-17(13(9-24)19(25)30-20(16)27-26-10)11-5-7-12(8-6-11)29-21(28)18-14(22)3-2-4-15(18)23/h2-8,17H,25H2,1H3,(H,26,27). The lowest BCUT2D eigenvalue weighted by Crippen LogP contribution is -2.21. The van der Waals surface area contributed by atoms with Crippen molar-refractivity contribution in [3.05, 3.63) is 87.9 Å². The van der Waals surface area contributed by atoms with Gasteiger partial charge in [-0.2, -0.15) is 5.26 Å². The normalized spacial score (nSPS) is 15.2. The van der Waals surface area contributed by atoms with E-state index in [-0.39, 0.29) is 23.1 Å². The number of halogens is 2. The van der Waals surface area contributed by atoms with E-state index in [1.54, 1.807) is 19.1 Å². The van der Waals surface area contributed by atoms with Crippen LogP contribution < -0.4 is 15.2 Å². The molecule has 9 heteroatoms. The van der Waals surface area contributed by atoms with Crippen LogP contribution in [-0.2, 0) is 0 Å². The molecule has 2 aromatic carbocycles. The molecule has 1 unspecified atom stereocenters. The number of benzene rings is 2. The van der Waals surface area contributed by atoms with Gasteiger partial charge in [0.1, 0.15) is 34.6 Å². The van der Waals surface area contributed by atoms with Crippen molar-refractivity contribution in [2.75, 3.05) is 0 Å². The predicted molar refractivity (Wildman–Crippen MR) is 100 cm³/mol. The van der Waals surface area contributed by atoms with Gasteiger partial charge in [-0.15, -0.1) is 5.10 Å².